The van der Waals surface area contributed by atoms with Crippen LogP contribution in [-0.4, -0.2) is 40.5 Å². The summed E-state index contributed by atoms with van der Waals surface area (Å²) in [5.41, 5.74) is 0.959. The molecule has 0 aliphatic carbocycles. The molecular formula is C26H23FN2O4. The Morgan fingerprint density at radius 3 is 2.61 bits per heavy atom. The summed E-state index contributed by atoms with van der Waals surface area (Å²) in [5.74, 6) is -0.375. The second kappa shape index (κ2) is 7.69. The first-order valence-corrected chi connectivity index (χ1v) is 10.8. The number of fused-ring (bicyclic) bond motifs is 2. The maximum Gasteiger partial charge on any atom is 0.339 e. The highest BCUT2D eigenvalue weighted by molar-refractivity contribution is 5.95. The zero-order chi connectivity index (χ0) is 23.2. The molecule has 1 saturated heterocycles. The van der Waals surface area contributed by atoms with Gasteiger partial charge in [0.15, 0.2) is 11.2 Å². The molecule has 2 aromatic carbocycles. The molecule has 7 heteroatoms. The molecule has 5 rings (SSSR count). The van der Waals surface area contributed by atoms with Crippen molar-refractivity contribution in [2.45, 2.75) is 31.5 Å². The third-order valence-electron chi connectivity index (χ3n) is 6.21. The van der Waals surface area contributed by atoms with Gasteiger partial charge in [-0.25, -0.2) is 9.18 Å². The molecule has 3 aromatic rings. The Bertz CT molecular complexity index is 1220. The number of nitrogens with zero attached hydrogens (tertiary/aromatic N) is 2. The Labute approximate surface area is 191 Å². The quantitative estimate of drug-likeness (QED) is 0.558. The van der Waals surface area contributed by atoms with Gasteiger partial charge in [0.2, 0.25) is 0 Å². The summed E-state index contributed by atoms with van der Waals surface area (Å²) in [5, 5.41) is 0. The number of carbonyl (C=O) groups excluding carboxylic acids is 2. The number of esters is 1. The molecule has 2 aliphatic rings. The average Bonchev–Trinajstić information content (AvgIpc) is 3.35. The zero-order valence-electron chi connectivity index (χ0n) is 18.4. The topological polar surface area (TPSA) is 68.7 Å². The first-order valence-electron chi connectivity index (χ1n) is 10.8. The molecule has 2 aliphatic heterocycles. The van der Waals surface area contributed by atoms with Gasteiger partial charge in [0.25, 0.3) is 5.91 Å². The zero-order valence-corrected chi connectivity index (χ0v) is 18.4. The molecule has 33 heavy (non-hydrogen) atoms. The summed E-state index contributed by atoms with van der Waals surface area (Å²) < 4.78 is 24.9. The largest absolute Gasteiger partial charge is 0.478 e. The van der Waals surface area contributed by atoms with Crippen molar-refractivity contribution in [2.24, 2.45) is 0 Å². The van der Waals surface area contributed by atoms with Gasteiger partial charge in [-0.15, -0.1) is 0 Å². The van der Waals surface area contributed by atoms with Crippen LogP contribution in [0.25, 0.3) is 11.3 Å². The monoisotopic (exact) mass is 446 g/mol. The Kier molecular flexibility index (Phi) is 4.92. The first-order chi connectivity index (χ1) is 15.8. The lowest BCUT2D eigenvalue weighted by molar-refractivity contribution is -0.145. The molecule has 6 nitrogen and oxygen atoms in total. The van der Waals surface area contributed by atoms with Crippen LogP contribution in [0.2, 0.25) is 0 Å². The molecule has 0 N–H and O–H groups in total. The van der Waals surface area contributed by atoms with Gasteiger partial charge in [0.05, 0.1) is 24.0 Å². The second-order valence-corrected chi connectivity index (χ2v) is 8.90. The van der Waals surface area contributed by atoms with Crippen LogP contribution < -0.4 is 4.74 Å². The standard InChI is InChI=1S/C26H23FN2O4/c1-25(2,32-19-10-7-17(8-11-19)22-12-9-18(27)15-28-22)24(31)29-14-13-26(16-29)21-6-4-3-5-20(21)23(30)33-26/h3-12,15H,13-14,16H2,1-2H3. The summed E-state index contributed by atoms with van der Waals surface area (Å²) >= 11 is 0. The smallest absolute Gasteiger partial charge is 0.339 e. The lowest BCUT2D eigenvalue weighted by atomic mass is 9.91. The van der Waals surface area contributed by atoms with Gasteiger partial charge in [-0.05, 0) is 56.3 Å². The lowest BCUT2D eigenvalue weighted by Gasteiger charge is -2.31. The molecule has 0 bridgehead atoms. The SMILES string of the molecule is CC(C)(Oc1ccc(-c2ccc(F)cn2)cc1)C(=O)N1CCC2(C1)OC(=O)c1ccccc12. The van der Waals surface area contributed by atoms with E-state index < -0.39 is 17.0 Å². The van der Waals surface area contributed by atoms with Crippen molar-refractivity contribution in [3.63, 3.8) is 0 Å². The molecule has 1 fully saturated rings. The molecule has 3 heterocycles. The normalized spacial score (nSPS) is 19.5. The minimum atomic E-state index is -1.12. The second-order valence-electron chi connectivity index (χ2n) is 8.90. The average molecular weight is 446 g/mol. The van der Waals surface area contributed by atoms with Crippen molar-refractivity contribution in [1.29, 1.82) is 0 Å². The molecule has 1 unspecified atom stereocenters. The summed E-state index contributed by atoms with van der Waals surface area (Å²) in [4.78, 5) is 31.4. The van der Waals surface area contributed by atoms with Crippen molar-refractivity contribution in [3.05, 3.63) is 83.8 Å². The van der Waals surface area contributed by atoms with Crippen LogP contribution in [0.15, 0.2) is 66.9 Å². The van der Waals surface area contributed by atoms with Crippen LogP contribution in [0, 0.1) is 5.82 Å². The number of hydrogen-bond acceptors (Lipinski definition) is 5. The highest BCUT2D eigenvalue weighted by Gasteiger charge is 2.52. The molecule has 1 atom stereocenters. The van der Waals surface area contributed by atoms with E-state index in [-0.39, 0.29) is 11.9 Å². The Morgan fingerprint density at radius 1 is 1.12 bits per heavy atom. The van der Waals surface area contributed by atoms with Crippen molar-refractivity contribution < 1.29 is 23.5 Å². The van der Waals surface area contributed by atoms with Gasteiger partial charge < -0.3 is 14.4 Å². The molecule has 168 valence electrons. The maximum absolute atomic E-state index is 13.3. The molecular weight excluding hydrogens is 423 g/mol. The number of carbonyl (C=O) groups is 2. The summed E-state index contributed by atoms with van der Waals surface area (Å²) in [6.45, 7) is 4.23. The summed E-state index contributed by atoms with van der Waals surface area (Å²) in [6, 6.07) is 17.5. The number of ether oxygens (including phenoxy) is 2. The molecule has 0 saturated carbocycles. The highest BCUT2D eigenvalue weighted by Crippen LogP contribution is 2.43. The molecule has 1 spiro atoms. The first kappa shape index (κ1) is 21.1. The third-order valence-corrected chi connectivity index (χ3v) is 6.21. The van der Waals surface area contributed by atoms with E-state index in [0.29, 0.717) is 36.5 Å². The number of amides is 1. The predicted molar refractivity (Wildman–Crippen MR) is 119 cm³/mol. The minimum Gasteiger partial charge on any atom is -0.478 e. The van der Waals surface area contributed by atoms with Gasteiger partial charge >= 0.3 is 5.97 Å². The van der Waals surface area contributed by atoms with Crippen LogP contribution in [-0.2, 0) is 15.1 Å². The van der Waals surface area contributed by atoms with Crippen LogP contribution >= 0.6 is 0 Å². The minimum absolute atomic E-state index is 0.177. The van der Waals surface area contributed by atoms with Gasteiger partial charge in [-0.1, -0.05) is 18.2 Å². The maximum atomic E-state index is 13.3. The summed E-state index contributed by atoms with van der Waals surface area (Å²) in [6.07, 6.45) is 1.72. The van der Waals surface area contributed by atoms with Crippen molar-refractivity contribution >= 4 is 11.9 Å². The van der Waals surface area contributed by atoms with Crippen molar-refractivity contribution in [2.75, 3.05) is 13.1 Å². The van der Waals surface area contributed by atoms with Crippen LogP contribution in [0.4, 0.5) is 4.39 Å². The number of benzene rings is 2. The van der Waals surface area contributed by atoms with E-state index in [1.807, 2.05) is 30.3 Å². The van der Waals surface area contributed by atoms with E-state index in [9.17, 15) is 14.0 Å². The van der Waals surface area contributed by atoms with E-state index >= 15 is 0 Å². The number of aromatic nitrogens is 1. The number of halogens is 1. The predicted octanol–water partition coefficient (Wildman–Crippen LogP) is 4.34. The van der Waals surface area contributed by atoms with Crippen LogP contribution in [0.3, 0.4) is 0 Å². The third kappa shape index (κ3) is 3.73. The fourth-order valence-electron chi connectivity index (χ4n) is 4.56. The van der Waals surface area contributed by atoms with E-state index in [1.54, 1.807) is 43.0 Å². The number of likely N-dealkylation sites (tertiary alicyclic amines) is 1. The van der Waals surface area contributed by atoms with E-state index in [1.165, 1.54) is 12.3 Å². The van der Waals surface area contributed by atoms with E-state index in [0.717, 1.165) is 11.1 Å². The number of rotatable bonds is 4. The highest BCUT2D eigenvalue weighted by atomic mass is 19.1. The van der Waals surface area contributed by atoms with Crippen LogP contribution in [0.1, 0.15) is 36.2 Å². The fourth-order valence-corrected chi connectivity index (χ4v) is 4.56. The van der Waals surface area contributed by atoms with Gasteiger partial charge in [0, 0.05) is 24.1 Å². The summed E-state index contributed by atoms with van der Waals surface area (Å²) in [7, 11) is 0. The van der Waals surface area contributed by atoms with Gasteiger partial charge in [-0.2, -0.15) is 0 Å². The Morgan fingerprint density at radius 2 is 1.88 bits per heavy atom. The molecule has 0 radical (unpaired) electrons. The number of pyridine rings is 1. The lowest BCUT2D eigenvalue weighted by Crippen LogP contribution is -2.49. The van der Waals surface area contributed by atoms with Crippen molar-refractivity contribution in [3.8, 4) is 17.0 Å². The van der Waals surface area contributed by atoms with Gasteiger partial charge in [0.1, 0.15) is 11.6 Å². The molecule has 1 amide bonds. The van der Waals surface area contributed by atoms with Crippen molar-refractivity contribution in [1.82, 2.24) is 9.88 Å². The Balaban J connectivity index is 1.29. The molecule has 1 aromatic heterocycles. The van der Waals surface area contributed by atoms with Gasteiger partial charge in [-0.3, -0.25) is 9.78 Å². The number of hydrogen-bond donors (Lipinski definition) is 0. The Hall–Kier alpha value is -3.74. The van der Waals surface area contributed by atoms with Crippen LogP contribution in [0.5, 0.6) is 5.75 Å². The van der Waals surface area contributed by atoms with E-state index in [4.69, 9.17) is 9.47 Å². The fraction of sp³-hybridized carbons (Fsp3) is 0.269. The van der Waals surface area contributed by atoms with E-state index in [2.05, 4.69) is 4.98 Å².